The predicted molar refractivity (Wildman–Crippen MR) is 68.8 cm³/mol. The molecule has 0 radical (unpaired) electrons. The van der Waals surface area contributed by atoms with Gasteiger partial charge in [-0.3, -0.25) is 0 Å². The molecule has 14 heavy (non-hydrogen) atoms. The molecular weight excluding hydrogens is 187 g/mol. The second-order valence-corrected chi connectivity index (χ2v) is 7.05. The molecule has 1 aliphatic carbocycles. The molecule has 0 bridgehead atoms. The van der Waals surface area contributed by atoms with Gasteiger partial charge >= 0.3 is 0 Å². The molecule has 1 heteroatoms. The summed E-state index contributed by atoms with van der Waals surface area (Å²) in [7, 11) is 3.17. The average Bonchev–Trinajstić information content (AvgIpc) is 2.19. The van der Waals surface area contributed by atoms with Crippen molar-refractivity contribution in [1.29, 1.82) is 0 Å². The van der Waals surface area contributed by atoms with Gasteiger partial charge in [0.2, 0.25) is 0 Å². The Bertz CT molecular complexity index is 176. The largest absolute Gasteiger partial charge is 0.131 e. The molecule has 0 amide bonds. The van der Waals surface area contributed by atoms with Crippen LogP contribution in [0.4, 0.5) is 0 Å². The van der Waals surface area contributed by atoms with E-state index in [1.807, 2.05) is 0 Å². The molecule has 0 heterocycles. The van der Waals surface area contributed by atoms with Gasteiger partial charge < -0.3 is 0 Å². The highest BCUT2D eigenvalue weighted by Gasteiger charge is 2.41. The summed E-state index contributed by atoms with van der Waals surface area (Å²) in [6, 6.07) is 0. The average molecular weight is 214 g/mol. The van der Waals surface area contributed by atoms with Crippen LogP contribution in [0.3, 0.4) is 0 Å². The minimum absolute atomic E-state index is 0.433. The summed E-state index contributed by atoms with van der Waals surface area (Å²) >= 11 is 0. The first-order valence-electron chi connectivity index (χ1n) is 6.20. The molecule has 0 aromatic rings. The van der Waals surface area contributed by atoms with E-state index in [2.05, 4.69) is 36.9 Å². The zero-order valence-electron chi connectivity index (χ0n) is 10.4. The summed E-state index contributed by atoms with van der Waals surface area (Å²) in [4.78, 5) is 0. The fourth-order valence-electron chi connectivity index (χ4n) is 2.64. The summed E-state index contributed by atoms with van der Waals surface area (Å²) in [6.07, 6.45) is 8.54. The maximum atomic E-state index is 3.17. The standard InChI is InChI=1S/C13H27P/c1-5-12(2,3)13(4,14)11-9-7-6-8-10-11/h11H,5-10,14H2,1-4H3. The highest BCUT2D eigenvalue weighted by molar-refractivity contribution is 7.19. The van der Waals surface area contributed by atoms with Crippen LogP contribution in [-0.2, 0) is 0 Å². The first-order chi connectivity index (χ1) is 6.42. The molecule has 1 aliphatic rings. The summed E-state index contributed by atoms with van der Waals surface area (Å²) in [5.74, 6) is 0.927. The minimum atomic E-state index is 0.433. The molecule has 84 valence electrons. The van der Waals surface area contributed by atoms with Crippen LogP contribution >= 0.6 is 9.24 Å². The maximum absolute atomic E-state index is 3.17. The lowest BCUT2D eigenvalue weighted by atomic mass is 9.66. The van der Waals surface area contributed by atoms with Crippen molar-refractivity contribution in [2.75, 3.05) is 0 Å². The van der Waals surface area contributed by atoms with Gasteiger partial charge in [-0.2, -0.15) is 0 Å². The molecule has 0 aromatic carbocycles. The third-order valence-corrected chi connectivity index (χ3v) is 6.05. The molecule has 0 spiro atoms. The fraction of sp³-hybridized carbons (Fsp3) is 1.00. The van der Waals surface area contributed by atoms with Crippen LogP contribution in [0, 0.1) is 11.3 Å². The van der Waals surface area contributed by atoms with Crippen molar-refractivity contribution in [2.45, 2.75) is 71.4 Å². The second-order valence-electron chi connectivity index (χ2n) is 5.86. The Labute approximate surface area is 92.4 Å². The van der Waals surface area contributed by atoms with Crippen LogP contribution in [0.2, 0.25) is 0 Å². The summed E-state index contributed by atoms with van der Waals surface area (Å²) in [6.45, 7) is 9.63. The molecule has 0 aliphatic heterocycles. The molecule has 1 saturated carbocycles. The van der Waals surface area contributed by atoms with Crippen molar-refractivity contribution in [3.8, 4) is 0 Å². The molecule has 2 atom stereocenters. The van der Waals surface area contributed by atoms with Gasteiger partial charge in [0.1, 0.15) is 0 Å². The lowest BCUT2D eigenvalue weighted by molar-refractivity contribution is 0.152. The van der Waals surface area contributed by atoms with Crippen molar-refractivity contribution in [3.05, 3.63) is 0 Å². The van der Waals surface area contributed by atoms with Crippen molar-refractivity contribution in [2.24, 2.45) is 11.3 Å². The van der Waals surface area contributed by atoms with Crippen LogP contribution in [0.15, 0.2) is 0 Å². The Morgan fingerprint density at radius 2 is 1.57 bits per heavy atom. The van der Waals surface area contributed by atoms with Crippen molar-refractivity contribution in [1.82, 2.24) is 0 Å². The van der Waals surface area contributed by atoms with Gasteiger partial charge in [-0.25, -0.2) is 0 Å². The van der Waals surface area contributed by atoms with Gasteiger partial charge in [-0.05, 0) is 29.3 Å². The number of hydrogen-bond acceptors (Lipinski definition) is 0. The second kappa shape index (κ2) is 4.52. The lowest BCUT2D eigenvalue weighted by Crippen LogP contribution is -2.43. The van der Waals surface area contributed by atoms with E-state index in [0.717, 1.165) is 5.92 Å². The van der Waals surface area contributed by atoms with Gasteiger partial charge in [-0.15, -0.1) is 9.24 Å². The molecule has 0 saturated heterocycles. The first kappa shape index (κ1) is 12.5. The third-order valence-electron chi connectivity index (χ3n) is 4.80. The van der Waals surface area contributed by atoms with E-state index in [1.165, 1.54) is 38.5 Å². The molecule has 1 fully saturated rings. The number of rotatable bonds is 3. The molecule has 1 rings (SSSR count). The molecule has 2 unspecified atom stereocenters. The summed E-state index contributed by atoms with van der Waals surface area (Å²) < 4.78 is 0. The van der Waals surface area contributed by atoms with E-state index in [0.29, 0.717) is 10.6 Å². The summed E-state index contributed by atoms with van der Waals surface area (Å²) in [5.41, 5.74) is 0.458. The zero-order chi connectivity index (χ0) is 10.8. The lowest BCUT2D eigenvalue weighted by Gasteiger charge is -2.48. The van der Waals surface area contributed by atoms with E-state index in [9.17, 15) is 0 Å². The van der Waals surface area contributed by atoms with Gasteiger partial charge in [0.15, 0.2) is 0 Å². The summed E-state index contributed by atoms with van der Waals surface area (Å²) in [5, 5.41) is 0.433. The van der Waals surface area contributed by atoms with Crippen molar-refractivity contribution in [3.63, 3.8) is 0 Å². The maximum Gasteiger partial charge on any atom is -0.00993 e. The quantitative estimate of drug-likeness (QED) is 0.600. The Morgan fingerprint density at radius 1 is 1.07 bits per heavy atom. The SMILES string of the molecule is CCC(C)(C)C(C)(P)C1CCCCC1. The minimum Gasteiger partial charge on any atom is -0.131 e. The predicted octanol–water partition coefficient (Wildman–Crippen LogP) is 4.64. The van der Waals surface area contributed by atoms with Crippen LogP contribution < -0.4 is 0 Å². The first-order valence-corrected chi connectivity index (χ1v) is 6.78. The van der Waals surface area contributed by atoms with Gasteiger partial charge in [0.05, 0.1) is 0 Å². The van der Waals surface area contributed by atoms with Crippen LogP contribution in [0.5, 0.6) is 0 Å². The van der Waals surface area contributed by atoms with Crippen LogP contribution in [0.1, 0.15) is 66.2 Å². The van der Waals surface area contributed by atoms with Crippen molar-refractivity contribution >= 4 is 9.24 Å². The molecule has 0 N–H and O–H groups in total. The van der Waals surface area contributed by atoms with E-state index in [1.54, 1.807) is 0 Å². The Balaban J connectivity index is 2.71. The topological polar surface area (TPSA) is 0 Å². The van der Waals surface area contributed by atoms with E-state index < -0.39 is 0 Å². The Morgan fingerprint density at radius 3 is 2.00 bits per heavy atom. The molecule has 0 aromatic heterocycles. The number of hydrogen-bond donors (Lipinski definition) is 0. The normalized spacial score (nSPS) is 24.6. The van der Waals surface area contributed by atoms with E-state index in [-0.39, 0.29) is 0 Å². The highest BCUT2D eigenvalue weighted by atomic mass is 31.0. The van der Waals surface area contributed by atoms with Crippen molar-refractivity contribution < 1.29 is 0 Å². The highest BCUT2D eigenvalue weighted by Crippen LogP contribution is 2.50. The Hall–Kier alpha value is 0.430. The molecular formula is C13H27P. The van der Waals surface area contributed by atoms with E-state index in [4.69, 9.17) is 0 Å². The van der Waals surface area contributed by atoms with Crippen LogP contribution in [-0.4, -0.2) is 5.16 Å². The third kappa shape index (κ3) is 2.32. The van der Waals surface area contributed by atoms with E-state index >= 15 is 0 Å². The molecule has 0 nitrogen and oxygen atoms in total. The monoisotopic (exact) mass is 214 g/mol. The van der Waals surface area contributed by atoms with Crippen LogP contribution in [0.25, 0.3) is 0 Å². The fourth-order valence-corrected chi connectivity index (χ4v) is 3.17. The smallest absolute Gasteiger partial charge is 0.00993 e. The zero-order valence-corrected chi connectivity index (χ0v) is 11.6. The Kier molecular flexibility index (Phi) is 4.03. The van der Waals surface area contributed by atoms with Gasteiger partial charge in [0.25, 0.3) is 0 Å². The van der Waals surface area contributed by atoms with Gasteiger partial charge in [-0.1, -0.05) is 53.4 Å². The van der Waals surface area contributed by atoms with Gasteiger partial charge in [0, 0.05) is 0 Å².